The number of aliphatic hydroxyl groups excluding tert-OH is 1. The standard InChI is InChI=1S/C23H32N6.2C4H4O4.CH4O/c1-15-12-16(2)21-20(13-15)27-22(28-21)19-14-25-23(26-17(19)3)24-9-5-6-18-7-10-29(4)11-8-18;2*5-3(6)1-2-4(7)8;1-2/h12-14,18H,5-11H2,1-4H3,(H,27,28)(H,24,25,26);2*1-2H,(H,5,6)(H,7,8);2H,1H3/b;2*2-1+;. The number of aromatic nitrogens is 4. The van der Waals surface area contributed by atoms with Crippen molar-refractivity contribution in [1.82, 2.24) is 24.8 Å². The first kappa shape index (κ1) is 39.9. The van der Waals surface area contributed by atoms with E-state index in [4.69, 9.17) is 30.5 Å². The fraction of sp³-hybridized carbons (Fsp3) is 0.406. The zero-order valence-electron chi connectivity index (χ0n) is 27.2. The van der Waals surface area contributed by atoms with Crippen LogP contribution in [0.25, 0.3) is 22.4 Å². The number of hydrogen-bond donors (Lipinski definition) is 7. The fourth-order valence-corrected chi connectivity index (χ4v) is 4.61. The smallest absolute Gasteiger partial charge is 0.328 e. The molecule has 0 aliphatic carbocycles. The summed E-state index contributed by atoms with van der Waals surface area (Å²) in [6.07, 6.45) is 9.22. The number of aromatic amines is 1. The lowest BCUT2D eigenvalue weighted by Gasteiger charge is -2.28. The molecule has 256 valence electrons. The number of rotatable bonds is 10. The number of H-pyrrole nitrogens is 1. The molecule has 15 nitrogen and oxygen atoms in total. The molecule has 0 saturated carbocycles. The number of carboxylic acid groups (broad SMARTS) is 4. The summed E-state index contributed by atoms with van der Waals surface area (Å²) in [6.45, 7) is 9.63. The van der Waals surface area contributed by atoms with Crippen molar-refractivity contribution >= 4 is 40.9 Å². The Kier molecular flexibility index (Phi) is 17.6. The number of carbonyl (C=O) groups is 4. The van der Waals surface area contributed by atoms with Gasteiger partial charge in [-0.3, -0.25) is 0 Å². The molecule has 15 heteroatoms. The third kappa shape index (κ3) is 15.6. The molecule has 2 aromatic heterocycles. The Labute approximate surface area is 272 Å². The van der Waals surface area contributed by atoms with Crippen molar-refractivity contribution in [3.05, 3.63) is 59.5 Å². The van der Waals surface area contributed by atoms with E-state index in [1.54, 1.807) is 0 Å². The quantitative estimate of drug-likeness (QED) is 0.122. The predicted octanol–water partition coefficient (Wildman–Crippen LogP) is 3.51. The molecule has 1 saturated heterocycles. The van der Waals surface area contributed by atoms with Crippen LogP contribution in [0.5, 0.6) is 0 Å². The molecule has 47 heavy (non-hydrogen) atoms. The molecule has 0 radical (unpaired) electrons. The van der Waals surface area contributed by atoms with Gasteiger partial charge in [0.15, 0.2) is 0 Å². The van der Waals surface area contributed by atoms with Gasteiger partial charge in [0.1, 0.15) is 5.82 Å². The van der Waals surface area contributed by atoms with Crippen molar-refractivity contribution in [2.24, 2.45) is 5.92 Å². The molecule has 1 aliphatic heterocycles. The van der Waals surface area contributed by atoms with E-state index in [1.807, 2.05) is 13.1 Å². The first-order valence-corrected chi connectivity index (χ1v) is 14.7. The van der Waals surface area contributed by atoms with Crippen LogP contribution < -0.4 is 5.32 Å². The molecular formula is C32H44N6O9. The molecule has 1 fully saturated rings. The number of carboxylic acids is 4. The van der Waals surface area contributed by atoms with E-state index in [2.05, 4.69) is 58.2 Å². The summed E-state index contributed by atoms with van der Waals surface area (Å²) < 4.78 is 0. The lowest BCUT2D eigenvalue weighted by atomic mass is 9.92. The third-order valence-corrected chi connectivity index (χ3v) is 6.80. The lowest BCUT2D eigenvalue weighted by Crippen LogP contribution is -2.30. The van der Waals surface area contributed by atoms with Crippen LogP contribution in [0.3, 0.4) is 0 Å². The minimum absolute atomic E-state index is 0.558. The molecular weight excluding hydrogens is 612 g/mol. The van der Waals surface area contributed by atoms with Gasteiger partial charge in [-0.2, -0.15) is 0 Å². The number of piperidine rings is 1. The van der Waals surface area contributed by atoms with Crippen molar-refractivity contribution in [2.45, 2.75) is 46.5 Å². The van der Waals surface area contributed by atoms with E-state index in [-0.39, 0.29) is 0 Å². The maximum Gasteiger partial charge on any atom is 0.328 e. The highest BCUT2D eigenvalue weighted by Gasteiger charge is 2.16. The summed E-state index contributed by atoms with van der Waals surface area (Å²) in [4.78, 5) is 58.1. The largest absolute Gasteiger partial charge is 0.478 e. The summed E-state index contributed by atoms with van der Waals surface area (Å²) in [5.74, 6) is -2.62. The number of hydrogen-bond acceptors (Lipinski definition) is 10. The maximum absolute atomic E-state index is 9.55. The van der Waals surface area contributed by atoms with Gasteiger partial charge >= 0.3 is 23.9 Å². The molecule has 0 atom stereocenters. The summed E-state index contributed by atoms with van der Waals surface area (Å²) in [7, 11) is 3.22. The van der Waals surface area contributed by atoms with E-state index < -0.39 is 23.9 Å². The molecule has 0 bridgehead atoms. The second-order valence-corrected chi connectivity index (χ2v) is 10.6. The summed E-state index contributed by atoms with van der Waals surface area (Å²) >= 11 is 0. The lowest BCUT2D eigenvalue weighted by molar-refractivity contribution is -0.134. The Morgan fingerprint density at radius 1 is 0.894 bits per heavy atom. The van der Waals surface area contributed by atoms with Gasteiger partial charge in [0, 0.05) is 44.2 Å². The molecule has 7 N–H and O–H groups in total. The Bertz CT molecular complexity index is 1480. The van der Waals surface area contributed by atoms with Crippen molar-refractivity contribution in [2.75, 3.05) is 39.1 Å². The van der Waals surface area contributed by atoms with E-state index in [9.17, 15) is 19.2 Å². The van der Waals surface area contributed by atoms with Gasteiger partial charge in [0.2, 0.25) is 5.95 Å². The van der Waals surface area contributed by atoms with Gasteiger partial charge in [-0.15, -0.1) is 0 Å². The number of nitrogens with zero attached hydrogens (tertiary/aromatic N) is 4. The molecule has 0 amide bonds. The van der Waals surface area contributed by atoms with Crippen LogP contribution in [0.4, 0.5) is 5.95 Å². The SMILES string of the molecule is CO.Cc1cc(C)c2nc(-c3cnc(NCCCC4CCN(C)CC4)nc3C)[nH]c2c1.O=C(O)/C=C/C(=O)O.O=C(O)/C=C/C(=O)O. The molecule has 1 aliphatic rings. The van der Waals surface area contributed by atoms with Crippen molar-refractivity contribution in [3.8, 4) is 11.4 Å². The van der Waals surface area contributed by atoms with E-state index >= 15 is 0 Å². The third-order valence-electron chi connectivity index (χ3n) is 6.80. The highest BCUT2D eigenvalue weighted by molar-refractivity contribution is 5.90. The Hall–Kier alpha value is -5.15. The number of imidazole rings is 1. The zero-order chi connectivity index (χ0) is 35.5. The van der Waals surface area contributed by atoms with Gasteiger partial charge in [-0.1, -0.05) is 6.07 Å². The van der Waals surface area contributed by atoms with Crippen molar-refractivity contribution in [1.29, 1.82) is 0 Å². The van der Waals surface area contributed by atoms with Crippen molar-refractivity contribution < 1.29 is 44.7 Å². The second kappa shape index (κ2) is 20.8. The number of aryl methyl sites for hydroxylation is 3. The Morgan fingerprint density at radius 2 is 1.43 bits per heavy atom. The van der Waals surface area contributed by atoms with Gasteiger partial charge in [0.05, 0.1) is 22.3 Å². The zero-order valence-corrected chi connectivity index (χ0v) is 27.2. The van der Waals surface area contributed by atoms with Crippen LogP contribution in [-0.2, 0) is 19.2 Å². The molecule has 3 heterocycles. The van der Waals surface area contributed by atoms with E-state index in [0.29, 0.717) is 30.3 Å². The first-order chi connectivity index (χ1) is 22.2. The van der Waals surface area contributed by atoms with Crippen LogP contribution in [0.2, 0.25) is 0 Å². The summed E-state index contributed by atoms with van der Waals surface area (Å²) in [6, 6.07) is 4.30. The number of aliphatic hydroxyl groups is 1. The monoisotopic (exact) mass is 656 g/mol. The highest BCUT2D eigenvalue weighted by Crippen LogP contribution is 2.25. The van der Waals surface area contributed by atoms with Gasteiger partial charge in [-0.25, -0.2) is 34.1 Å². The Morgan fingerprint density at radius 3 is 1.91 bits per heavy atom. The fourth-order valence-electron chi connectivity index (χ4n) is 4.61. The number of anilines is 1. The van der Waals surface area contributed by atoms with Crippen LogP contribution in [-0.4, -0.2) is 108 Å². The first-order valence-electron chi connectivity index (χ1n) is 14.7. The van der Waals surface area contributed by atoms with Crippen LogP contribution in [0, 0.1) is 26.7 Å². The van der Waals surface area contributed by atoms with E-state index in [0.717, 1.165) is 47.7 Å². The number of benzene rings is 1. The normalized spacial score (nSPS) is 13.1. The molecule has 3 aromatic rings. The van der Waals surface area contributed by atoms with Crippen LogP contribution >= 0.6 is 0 Å². The number of likely N-dealkylation sites (tertiary alicyclic amines) is 1. The van der Waals surface area contributed by atoms with Gasteiger partial charge in [0.25, 0.3) is 0 Å². The average Bonchev–Trinajstić information content (AvgIpc) is 3.44. The average molecular weight is 657 g/mol. The topological polar surface area (TPSA) is 239 Å². The number of fused-ring (bicyclic) bond motifs is 1. The second-order valence-electron chi connectivity index (χ2n) is 10.6. The van der Waals surface area contributed by atoms with Crippen molar-refractivity contribution in [3.63, 3.8) is 0 Å². The predicted molar refractivity (Wildman–Crippen MR) is 176 cm³/mol. The highest BCUT2D eigenvalue weighted by atomic mass is 16.4. The van der Waals surface area contributed by atoms with E-state index in [1.165, 1.54) is 49.9 Å². The molecule has 0 unspecified atom stereocenters. The molecule has 0 spiro atoms. The Balaban J connectivity index is 0.000000507. The number of nitrogens with one attached hydrogen (secondary N) is 2. The van der Waals surface area contributed by atoms with Crippen LogP contribution in [0.1, 0.15) is 42.5 Å². The minimum Gasteiger partial charge on any atom is -0.478 e. The molecule has 4 rings (SSSR count). The number of aliphatic carboxylic acids is 4. The maximum atomic E-state index is 9.55. The summed E-state index contributed by atoms with van der Waals surface area (Å²) in [5.41, 5.74) is 6.39. The molecule has 1 aromatic carbocycles. The minimum atomic E-state index is -1.26. The van der Waals surface area contributed by atoms with Gasteiger partial charge < -0.3 is 40.7 Å². The summed E-state index contributed by atoms with van der Waals surface area (Å²) in [5, 5.41) is 41.6. The van der Waals surface area contributed by atoms with Gasteiger partial charge in [-0.05, 0) is 89.7 Å². The van der Waals surface area contributed by atoms with Crippen LogP contribution in [0.15, 0.2) is 42.6 Å².